The fourth-order valence-corrected chi connectivity index (χ4v) is 4.89. The largest absolute Gasteiger partial charge is 0.492 e. The van der Waals surface area contributed by atoms with Gasteiger partial charge in [0, 0.05) is 36.9 Å². The van der Waals surface area contributed by atoms with E-state index >= 15 is 0 Å². The maximum atomic E-state index is 10.4. The van der Waals surface area contributed by atoms with Gasteiger partial charge >= 0.3 is 11.9 Å². The van der Waals surface area contributed by atoms with Crippen molar-refractivity contribution in [2.45, 2.75) is 12.2 Å². The van der Waals surface area contributed by atoms with E-state index in [4.69, 9.17) is 38.6 Å². The molecule has 0 aliphatic carbocycles. The van der Waals surface area contributed by atoms with Crippen LogP contribution in [0.5, 0.6) is 34.5 Å². The summed E-state index contributed by atoms with van der Waals surface area (Å²) in [6.07, 6.45) is -1.18. The van der Waals surface area contributed by atoms with Crippen LogP contribution in [0.25, 0.3) is 0 Å². The van der Waals surface area contributed by atoms with Crippen molar-refractivity contribution in [3.63, 3.8) is 0 Å². The summed E-state index contributed by atoms with van der Waals surface area (Å²) in [5, 5.41) is 50.5. The Balaban J connectivity index is 0.000000347. The first kappa shape index (κ1) is 42.5. The predicted octanol–water partition coefficient (Wildman–Crippen LogP) is 2.41. The van der Waals surface area contributed by atoms with Crippen LogP contribution in [0, 0.1) is 0 Å². The van der Waals surface area contributed by atoms with Crippen molar-refractivity contribution in [1.82, 2.24) is 10.6 Å². The summed E-state index contributed by atoms with van der Waals surface area (Å²) >= 11 is 3.09. The van der Waals surface area contributed by atoms with Crippen molar-refractivity contribution < 1.29 is 63.9 Å². The SMILES string of the molecule is O.O=C(O)COc1ccc(OCCNCC(O)COc2ccsc2)cc1.O=C(O)COc1ccc(OCCNCC(O)COc2ccsc2)cc1. The third-order valence-electron chi connectivity index (χ3n) is 6.10. The molecule has 0 amide bonds. The average Bonchev–Trinajstić information content (AvgIpc) is 3.84. The highest BCUT2D eigenvalue weighted by Crippen LogP contribution is 2.19. The van der Waals surface area contributed by atoms with E-state index in [1.807, 2.05) is 33.7 Å². The highest BCUT2D eigenvalue weighted by molar-refractivity contribution is 7.08. The molecule has 0 aliphatic rings. The van der Waals surface area contributed by atoms with Crippen LogP contribution in [0.2, 0.25) is 0 Å². The van der Waals surface area contributed by atoms with Crippen LogP contribution in [-0.2, 0) is 9.59 Å². The number of nitrogens with one attached hydrogen (secondary N) is 2. The monoisotopic (exact) mass is 752 g/mol. The number of rotatable bonds is 24. The molecule has 15 nitrogen and oxygen atoms in total. The molecule has 8 N–H and O–H groups in total. The van der Waals surface area contributed by atoms with Gasteiger partial charge in [0.1, 0.15) is 73.1 Å². The minimum Gasteiger partial charge on any atom is -0.492 e. The summed E-state index contributed by atoms with van der Waals surface area (Å²) < 4.78 is 32.0. The quantitative estimate of drug-likeness (QED) is 0.0566. The number of aliphatic hydroxyl groups excluding tert-OH is 2. The van der Waals surface area contributed by atoms with E-state index in [-0.39, 0.29) is 31.9 Å². The number of aliphatic carboxylic acids is 2. The number of benzene rings is 2. The molecule has 0 fully saturated rings. The zero-order valence-corrected chi connectivity index (χ0v) is 29.3. The zero-order valence-electron chi connectivity index (χ0n) is 27.7. The Kier molecular flexibility index (Phi) is 21.1. The number of hydrogen-bond acceptors (Lipinski definition) is 14. The molecular formula is C34H44N2O13S2. The molecule has 2 aromatic carbocycles. The molecule has 2 aromatic heterocycles. The Bertz CT molecular complexity index is 1350. The van der Waals surface area contributed by atoms with Crippen molar-refractivity contribution in [2.24, 2.45) is 0 Å². The molecule has 0 bridgehead atoms. The number of thiophene rings is 2. The lowest BCUT2D eigenvalue weighted by molar-refractivity contribution is -0.140. The predicted molar refractivity (Wildman–Crippen MR) is 191 cm³/mol. The second kappa shape index (κ2) is 25.3. The summed E-state index contributed by atoms with van der Waals surface area (Å²) in [7, 11) is 0. The van der Waals surface area contributed by atoms with Gasteiger partial charge in [-0.1, -0.05) is 0 Å². The number of carbonyl (C=O) groups is 2. The molecule has 0 saturated carbocycles. The number of ether oxygens (including phenoxy) is 6. The molecule has 17 heteroatoms. The number of aliphatic hydroxyl groups is 2. The van der Waals surface area contributed by atoms with Crippen molar-refractivity contribution in [2.75, 3.05) is 65.8 Å². The van der Waals surface area contributed by atoms with E-state index < -0.39 is 24.1 Å². The van der Waals surface area contributed by atoms with Gasteiger partial charge in [-0.05, 0) is 71.4 Å². The minimum absolute atomic E-state index is 0. The molecular weight excluding hydrogens is 709 g/mol. The van der Waals surface area contributed by atoms with E-state index in [0.717, 1.165) is 11.5 Å². The van der Waals surface area contributed by atoms with Gasteiger partial charge in [0.15, 0.2) is 13.2 Å². The van der Waals surface area contributed by atoms with Gasteiger partial charge in [-0.25, -0.2) is 9.59 Å². The molecule has 0 radical (unpaired) electrons. The topological polar surface area (TPSA) is 226 Å². The molecule has 0 saturated heterocycles. The second-order valence-electron chi connectivity index (χ2n) is 10.3. The zero-order chi connectivity index (χ0) is 35.8. The fourth-order valence-electron chi connectivity index (χ4n) is 3.74. The second-order valence-corrected chi connectivity index (χ2v) is 11.8. The Hall–Kier alpha value is -4.62. The molecule has 280 valence electrons. The lowest BCUT2D eigenvalue weighted by Crippen LogP contribution is -2.33. The van der Waals surface area contributed by atoms with E-state index in [2.05, 4.69) is 10.6 Å². The average molecular weight is 753 g/mol. The van der Waals surface area contributed by atoms with E-state index in [0.29, 0.717) is 62.4 Å². The summed E-state index contributed by atoms with van der Waals surface area (Å²) in [5.41, 5.74) is 0. The Morgan fingerprint density at radius 1 is 0.549 bits per heavy atom. The maximum Gasteiger partial charge on any atom is 0.341 e. The lowest BCUT2D eigenvalue weighted by Gasteiger charge is -2.13. The van der Waals surface area contributed by atoms with Gasteiger partial charge in [-0.2, -0.15) is 0 Å². The van der Waals surface area contributed by atoms with Crippen molar-refractivity contribution in [3.05, 3.63) is 82.2 Å². The van der Waals surface area contributed by atoms with Crippen LogP contribution >= 0.6 is 22.7 Å². The number of carboxylic acid groups (broad SMARTS) is 2. The molecule has 2 heterocycles. The smallest absolute Gasteiger partial charge is 0.341 e. The Labute approximate surface area is 303 Å². The summed E-state index contributed by atoms with van der Waals surface area (Å²) in [6.45, 7) is 2.58. The summed E-state index contributed by atoms with van der Waals surface area (Å²) in [6, 6.07) is 17.2. The van der Waals surface area contributed by atoms with Gasteiger partial charge in [-0.15, -0.1) is 22.7 Å². The van der Waals surface area contributed by atoms with Crippen molar-refractivity contribution in [3.8, 4) is 34.5 Å². The highest BCUT2D eigenvalue weighted by Gasteiger charge is 2.07. The molecule has 0 aliphatic heterocycles. The van der Waals surface area contributed by atoms with Gasteiger partial charge in [0.25, 0.3) is 0 Å². The molecule has 2 atom stereocenters. The molecule has 4 rings (SSSR count). The first-order valence-electron chi connectivity index (χ1n) is 15.5. The van der Waals surface area contributed by atoms with Gasteiger partial charge in [0.05, 0.1) is 0 Å². The van der Waals surface area contributed by atoms with Gasteiger partial charge in [0.2, 0.25) is 0 Å². The normalized spacial score (nSPS) is 11.5. The Morgan fingerprint density at radius 3 is 1.22 bits per heavy atom. The summed E-state index contributed by atoms with van der Waals surface area (Å²) in [4.78, 5) is 20.8. The maximum absolute atomic E-state index is 10.4. The van der Waals surface area contributed by atoms with Crippen LogP contribution in [0.15, 0.2) is 82.2 Å². The Morgan fingerprint density at radius 2 is 0.902 bits per heavy atom. The summed E-state index contributed by atoms with van der Waals surface area (Å²) in [5.74, 6) is 1.76. The third-order valence-corrected chi connectivity index (χ3v) is 7.43. The molecule has 0 spiro atoms. The van der Waals surface area contributed by atoms with Crippen LogP contribution in [-0.4, -0.2) is 116 Å². The number of hydrogen-bond donors (Lipinski definition) is 6. The first-order valence-corrected chi connectivity index (χ1v) is 17.4. The molecule has 51 heavy (non-hydrogen) atoms. The van der Waals surface area contributed by atoms with E-state index in [1.54, 1.807) is 71.2 Å². The number of carboxylic acids is 2. The lowest BCUT2D eigenvalue weighted by atomic mass is 10.3. The fraction of sp³-hybridized carbons (Fsp3) is 0.353. The van der Waals surface area contributed by atoms with Crippen LogP contribution < -0.4 is 39.1 Å². The van der Waals surface area contributed by atoms with Crippen LogP contribution in [0.3, 0.4) is 0 Å². The molecule has 2 unspecified atom stereocenters. The van der Waals surface area contributed by atoms with Crippen molar-refractivity contribution in [1.29, 1.82) is 0 Å². The third kappa shape index (κ3) is 20.0. The molecule has 4 aromatic rings. The van der Waals surface area contributed by atoms with Crippen LogP contribution in [0.1, 0.15) is 0 Å². The van der Waals surface area contributed by atoms with Crippen LogP contribution in [0.4, 0.5) is 0 Å². The van der Waals surface area contributed by atoms with E-state index in [1.165, 1.54) is 0 Å². The van der Waals surface area contributed by atoms with Crippen molar-refractivity contribution >= 4 is 34.6 Å². The highest BCUT2D eigenvalue weighted by atomic mass is 32.1. The first-order chi connectivity index (χ1) is 24.3. The van der Waals surface area contributed by atoms with Gasteiger partial charge in [-0.3, -0.25) is 0 Å². The van der Waals surface area contributed by atoms with Gasteiger partial charge < -0.3 is 65.0 Å². The standard InChI is InChI=1S/2C17H21NO6S.H2O/c2*19-13(10-23-16-5-8-25-12-16)9-18-6-7-22-14-1-3-15(4-2-14)24-11-17(20)21;/h2*1-5,8,12-13,18-19H,6-7,9-11H2,(H,20,21);1H2. The van der Waals surface area contributed by atoms with E-state index in [9.17, 15) is 19.8 Å². The minimum atomic E-state index is -1.02.